The normalized spacial score (nSPS) is 22.2. The monoisotopic (exact) mass is 373 g/mol. The number of carbonyl (C=O) groups excluding carboxylic acids is 1. The van der Waals surface area contributed by atoms with Crippen molar-refractivity contribution in [3.05, 3.63) is 28.2 Å². The van der Waals surface area contributed by atoms with Crippen LogP contribution in [0.15, 0.2) is 23.1 Å². The van der Waals surface area contributed by atoms with Gasteiger partial charge in [-0.1, -0.05) is 23.2 Å². The van der Waals surface area contributed by atoms with Crippen LogP contribution in [0.1, 0.15) is 19.3 Å². The molecule has 1 aromatic rings. The number of carboxylic acids is 1. The Hall–Kier alpha value is -0.910. The summed E-state index contributed by atoms with van der Waals surface area (Å²) in [6.07, 6.45) is 2.34. The molecule has 2 aliphatic rings. The number of rotatable bonds is 4. The molecule has 4 nitrogen and oxygen atoms in total. The van der Waals surface area contributed by atoms with Gasteiger partial charge in [0.1, 0.15) is 0 Å². The van der Waals surface area contributed by atoms with Gasteiger partial charge in [0.25, 0.3) is 0 Å². The quantitative estimate of drug-likeness (QED) is 0.815. The lowest BCUT2D eigenvalue weighted by atomic mass is 9.91. The number of nitrogens with zero attached hydrogens (tertiary/aromatic N) is 1. The summed E-state index contributed by atoms with van der Waals surface area (Å²) in [6, 6.07) is 5.20. The first kappa shape index (κ1) is 16.9. The maximum Gasteiger partial charge on any atom is 0.307 e. The van der Waals surface area contributed by atoms with E-state index in [0.717, 1.165) is 24.2 Å². The molecule has 124 valence electrons. The summed E-state index contributed by atoms with van der Waals surface area (Å²) in [5.74, 6) is -0.529. The number of hydrogen-bond acceptors (Lipinski definition) is 3. The molecule has 1 aliphatic carbocycles. The van der Waals surface area contributed by atoms with E-state index in [4.69, 9.17) is 28.3 Å². The fourth-order valence-corrected chi connectivity index (χ4v) is 4.67. The van der Waals surface area contributed by atoms with Crippen molar-refractivity contribution in [1.82, 2.24) is 4.90 Å². The van der Waals surface area contributed by atoms with Crippen LogP contribution in [0.2, 0.25) is 10.0 Å². The van der Waals surface area contributed by atoms with Gasteiger partial charge in [-0.25, -0.2) is 0 Å². The second kappa shape index (κ2) is 6.54. The zero-order chi connectivity index (χ0) is 16.6. The highest BCUT2D eigenvalue weighted by molar-refractivity contribution is 8.00. The second-order valence-electron chi connectivity index (χ2n) is 6.20. The van der Waals surface area contributed by atoms with Gasteiger partial charge in [0, 0.05) is 23.0 Å². The third-order valence-corrected chi connectivity index (χ3v) is 6.56. The number of thioether (sulfide) groups is 1. The molecule has 2 fully saturated rings. The molecule has 23 heavy (non-hydrogen) atoms. The molecule has 1 spiro atoms. The van der Waals surface area contributed by atoms with E-state index in [0.29, 0.717) is 28.9 Å². The molecular formula is C16H17Cl2NO3S. The molecule has 1 atom stereocenters. The number of carboxylic acid groups (broad SMARTS) is 1. The van der Waals surface area contributed by atoms with Gasteiger partial charge in [0.2, 0.25) is 5.91 Å². The molecule has 1 N–H and O–H groups in total. The van der Waals surface area contributed by atoms with Crippen molar-refractivity contribution in [1.29, 1.82) is 0 Å². The topological polar surface area (TPSA) is 57.6 Å². The molecular weight excluding hydrogens is 357 g/mol. The molecule has 1 aromatic carbocycles. The summed E-state index contributed by atoms with van der Waals surface area (Å²) < 4.78 is 0. The van der Waals surface area contributed by atoms with Gasteiger partial charge in [0.15, 0.2) is 0 Å². The average Bonchev–Trinajstić information content (AvgIpc) is 3.22. The maximum atomic E-state index is 12.3. The SMILES string of the molecule is O=C(O)C1CC12CCN(C(=O)CSc1cc(Cl)ccc1Cl)CC2. The largest absolute Gasteiger partial charge is 0.481 e. The Kier molecular flexibility index (Phi) is 4.81. The van der Waals surface area contributed by atoms with E-state index in [1.54, 1.807) is 18.2 Å². The van der Waals surface area contributed by atoms with Gasteiger partial charge in [-0.15, -0.1) is 11.8 Å². The number of hydrogen-bond donors (Lipinski definition) is 1. The van der Waals surface area contributed by atoms with Crippen LogP contribution in [0.25, 0.3) is 0 Å². The van der Waals surface area contributed by atoms with Gasteiger partial charge >= 0.3 is 5.97 Å². The van der Waals surface area contributed by atoms with Crippen molar-refractivity contribution in [2.24, 2.45) is 11.3 Å². The minimum Gasteiger partial charge on any atom is -0.481 e. The molecule has 1 heterocycles. The fraction of sp³-hybridized carbons (Fsp3) is 0.500. The van der Waals surface area contributed by atoms with Crippen LogP contribution in [0, 0.1) is 11.3 Å². The van der Waals surface area contributed by atoms with Gasteiger partial charge in [0.05, 0.1) is 16.7 Å². The average molecular weight is 374 g/mol. The van der Waals surface area contributed by atoms with Gasteiger partial charge in [-0.05, 0) is 42.9 Å². The minimum absolute atomic E-state index is 0.0496. The predicted octanol–water partition coefficient (Wildman–Crippen LogP) is 3.80. The van der Waals surface area contributed by atoms with E-state index < -0.39 is 5.97 Å². The Morgan fingerprint density at radius 1 is 1.30 bits per heavy atom. The number of carbonyl (C=O) groups is 2. The lowest BCUT2D eigenvalue weighted by Crippen LogP contribution is -2.40. The molecule has 0 bridgehead atoms. The highest BCUT2D eigenvalue weighted by Gasteiger charge is 2.59. The minimum atomic E-state index is -0.698. The summed E-state index contributed by atoms with van der Waals surface area (Å²) in [5, 5.41) is 10.3. The summed E-state index contributed by atoms with van der Waals surface area (Å²) in [7, 11) is 0. The van der Waals surface area contributed by atoms with Crippen LogP contribution in [0.4, 0.5) is 0 Å². The van der Waals surface area contributed by atoms with Crippen LogP contribution in [-0.2, 0) is 9.59 Å². The van der Waals surface area contributed by atoms with E-state index in [-0.39, 0.29) is 17.2 Å². The highest BCUT2D eigenvalue weighted by Crippen LogP contribution is 2.59. The molecule has 1 saturated heterocycles. The lowest BCUT2D eigenvalue weighted by molar-refractivity contribution is -0.139. The molecule has 1 amide bonds. The number of piperidine rings is 1. The van der Waals surface area contributed by atoms with Crippen LogP contribution in [-0.4, -0.2) is 40.7 Å². The van der Waals surface area contributed by atoms with Crippen molar-refractivity contribution in [3.8, 4) is 0 Å². The van der Waals surface area contributed by atoms with Crippen molar-refractivity contribution >= 4 is 46.8 Å². The first-order chi connectivity index (χ1) is 10.9. The predicted molar refractivity (Wildman–Crippen MR) is 91.2 cm³/mol. The Balaban J connectivity index is 1.50. The first-order valence-electron chi connectivity index (χ1n) is 7.50. The number of halogens is 2. The molecule has 1 aliphatic heterocycles. The molecule has 3 rings (SSSR count). The zero-order valence-corrected chi connectivity index (χ0v) is 14.8. The van der Waals surface area contributed by atoms with E-state index in [1.807, 2.05) is 4.90 Å². The highest BCUT2D eigenvalue weighted by atomic mass is 35.5. The summed E-state index contributed by atoms with van der Waals surface area (Å²) in [6.45, 7) is 1.29. The van der Waals surface area contributed by atoms with Crippen LogP contribution < -0.4 is 0 Å². The molecule has 1 unspecified atom stereocenters. The fourth-order valence-electron chi connectivity index (χ4n) is 3.27. The number of aliphatic carboxylic acids is 1. The van der Waals surface area contributed by atoms with Crippen LogP contribution >= 0.6 is 35.0 Å². The Labute approximate surface area is 149 Å². The summed E-state index contributed by atoms with van der Waals surface area (Å²) in [4.78, 5) is 26.0. The number of benzene rings is 1. The van der Waals surface area contributed by atoms with E-state index in [2.05, 4.69) is 0 Å². The number of likely N-dealkylation sites (tertiary alicyclic amines) is 1. The second-order valence-corrected chi connectivity index (χ2v) is 8.06. The van der Waals surface area contributed by atoms with Crippen molar-refractivity contribution in [2.75, 3.05) is 18.8 Å². The van der Waals surface area contributed by atoms with Gasteiger partial charge in [-0.3, -0.25) is 9.59 Å². The third-order valence-electron chi connectivity index (χ3n) is 4.84. The van der Waals surface area contributed by atoms with E-state index >= 15 is 0 Å². The van der Waals surface area contributed by atoms with Gasteiger partial charge in [-0.2, -0.15) is 0 Å². The molecule has 0 aromatic heterocycles. The lowest BCUT2D eigenvalue weighted by Gasteiger charge is -2.32. The Bertz CT molecular complexity index is 644. The third kappa shape index (κ3) is 3.62. The standard InChI is InChI=1S/C16H17Cl2NO3S/c17-10-1-2-12(18)13(7-10)23-9-14(20)19-5-3-16(4-6-19)8-11(16)15(21)22/h1-2,7,11H,3-6,8-9H2,(H,21,22). The maximum absolute atomic E-state index is 12.3. The molecule has 1 saturated carbocycles. The smallest absolute Gasteiger partial charge is 0.307 e. The summed E-state index contributed by atoms with van der Waals surface area (Å²) >= 11 is 13.4. The summed E-state index contributed by atoms with van der Waals surface area (Å²) in [5.41, 5.74) is -0.0496. The van der Waals surface area contributed by atoms with Crippen molar-refractivity contribution in [2.45, 2.75) is 24.2 Å². The van der Waals surface area contributed by atoms with Gasteiger partial charge < -0.3 is 10.0 Å². The van der Waals surface area contributed by atoms with Crippen LogP contribution in [0.5, 0.6) is 0 Å². The zero-order valence-electron chi connectivity index (χ0n) is 12.4. The van der Waals surface area contributed by atoms with Crippen molar-refractivity contribution in [3.63, 3.8) is 0 Å². The first-order valence-corrected chi connectivity index (χ1v) is 9.24. The molecule has 7 heteroatoms. The van der Waals surface area contributed by atoms with Crippen LogP contribution in [0.3, 0.4) is 0 Å². The Morgan fingerprint density at radius 2 is 2.00 bits per heavy atom. The van der Waals surface area contributed by atoms with E-state index in [1.165, 1.54) is 11.8 Å². The molecule has 0 radical (unpaired) electrons. The van der Waals surface area contributed by atoms with E-state index in [9.17, 15) is 9.59 Å². The van der Waals surface area contributed by atoms with Crippen molar-refractivity contribution < 1.29 is 14.7 Å². The number of amides is 1. The Morgan fingerprint density at radius 3 is 2.61 bits per heavy atom.